The van der Waals surface area contributed by atoms with Gasteiger partial charge < -0.3 is 0 Å². The van der Waals surface area contributed by atoms with Crippen molar-refractivity contribution in [1.29, 1.82) is 0 Å². The Kier molecular flexibility index (Phi) is 2.76. The van der Waals surface area contributed by atoms with E-state index < -0.39 is 6.29 Å². The van der Waals surface area contributed by atoms with Crippen molar-refractivity contribution in [2.24, 2.45) is 16.7 Å². The molecule has 0 aliphatic carbocycles. The largest absolute Gasteiger partial charge is 0.293 e. The lowest BCUT2D eigenvalue weighted by atomic mass is 9.64. The van der Waals surface area contributed by atoms with Crippen molar-refractivity contribution in [3.8, 4) is 0 Å². The van der Waals surface area contributed by atoms with Gasteiger partial charge in [0.2, 0.25) is 0 Å². The van der Waals surface area contributed by atoms with Crippen LogP contribution in [0, 0.1) is 16.7 Å². The number of hydrogen-bond acceptors (Lipinski definition) is 3. The summed E-state index contributed by atoms with van der Waals surface area (Å²) in [6.07, 6.45) is -0.613. The predicted molar refractivity (Wildman–Crippen MR) is 53.4 cm³/mol. The summed E-state index contributed by atoms with van der Waals surface area (Å²) in [4.78, 5) is 21.1. The molecular formula is C11H20O3. The topological polar surface area (TPSA) is 42.1 Å². The van der Waals surface area contributed by atoms with Crippen molar-refractivity contribution >= 4 is 5.78 Å². The number of Topliss-reactive ketones (excluding diaryl/α,β-unsaturated/α-hetero) is 1. The zero-order valence-corrected chi connectivity index (χ0v) is 9.88. The molecule has 0 aromatic rings. The Balaban J connectivity index is 2.87. The van der Waals surface area contributed by atoms with E-state index in [2.05, 4.69) is 51.3 Å². The van der Waals surface area contributed by atoms with Crippen molar-refractivity contribution in [1.82, 2.24) is 0 Å². The highest BCUT2D eigenvalue weighted by Gasteiger charge is 2.48. The van der Waals surface area contributed by atoms with E-state index in [1.165, 1.54) is 0 Å². The minimum absolute atomic E-state index is 0.0532. The second-order valence-electron chi connectivity index (χ2n) is 6.09. The van der Waals surface area contributed by atoms with Crippen molar-refractivity contribution in [2.75, 3.05) is 0 Å². The lowest BCUT2D eigenvalue weighted by molar-refractivity contribution is -0.132. The summed E-state index contributed by atoms with van der Waals surface area (Å²) < 4.78 is 0. The van der Waals surface area contributed by atoms with E-state index in [4.69, 9.17) is 0 Å². The van der Waals surface area contributed by atoms with E-state index in [9.17, 15) is 4.79 Å². The van der Waals surface area contributed by atoms with Gasteiger partial charge >= 0.3 is 0 Å². The normalized spacial score (nSPS) is 18.8. The van der Waals surface area contributed by atoms with Crippen molar-refractivity contribution in [3.63, 3.8) is 0 Å². The van der Waals surface area contributed by atoms with Crippen LogP contribution in [0.4, 0.5) is 0 Å². The average molecular weight is 200 g/mol. The number of carbonyl (C=O) groups excluding carboxylic acids is 1. The van der Waals surface area contributed by atoms with Crippen LogP contribution in [0.1, 0.15) is 41.5 Å². The molecule has 0 radical (unpaired) electrons. The number of rotatable bonds is 2. The van der Waals surface area contributed by atoms with Crippen LogP contribution >= 0.6 is 0 Å². The molecule has 0 N–H and O–H groups in total. The summed E-state index contributed by atoms with van der Waals surface area (Å²) >= 11 is 0. The summed E-state index contributed by atoms with van der Waals surface area (Å²) in [7, 11) is 0. The molecule has 0 bridgehead atoms. The van der Waals surface area contributed by atoms with E-state index in [0.29, 0.717) is 0 Å². The van der Waals surface area contributed by atoms with Crippen LogP contribution in [-0.2, 0) is 14.6 Å². The van der Waals surface area contributed by atoms with E-state index >= 15 is 0 Å². The molecule has 0 atom stereocenters. The van der Waals surface area contributed by atoms with Crippen LogP contribution in [-0.4, -0.2) is 12.1 Å². The van der Waals surface area contributed by atoms with Crippen LogP contribution < -0.4 is 0 Å². The Morgan fingerprint density at radius 3 is 1.57 bits per heavy atom. The molecular weight excluding hydrogens is 180 g/mol. The van der Waals surface area contributed by atoms with Gasteiger partial charge in [0.15, 0.2) is 5.78 Å². The molecule has 0 aromatic heterocycles. The molecule has 82 valence electrons. The molecule has 1 saturated heterocycles. The number of ketones is 1. The summed E-state index contributed by atoms with van der Waals surface area (Å²) in [5.74, 6) is 0.00694. The van der Waals surface area contributed by atoms with Crippen molar-refractivity contribution in [3.05, 3.63) is 0 Å². The van der Waals surface area contributed by atoms with Gasteiger partial charge in [-0.25, -0.2) is 0 Å². The zero-order chi connectivity index (χ0) is 11.1. The minimum atomic E-state index is -0.613. The van der Waals surface area contributed by atoms with E-state index in [1.54, 1.807) is 0 Å². The maximum Gasteiger partial charge on any atom is 0.282 e. The highest BCUT2D eigenvalue weighted by Crippen LogP contribution is 2.42. The summed E-state index contributed by atoms with van der Waals surface area (Å²) in [5, 5.41) is 0. The summed E-state index contributed by atoms with van der Waals surface area (Å²) in [5.41, 5.74) is -0.130. The molecule has 0 spiro atoms. The third-order valence-corrected chi connectivity index (χ3v) is 2.44. The first kappa shape index (κ1) is 11.7. The van der Waals surface area contributed by atoms with Gasteiger partial charge in [0.25, 0.3) is 6.29 Å². The molecule has 3 nitrogen and oxygen atoms in total. The highest BCUT2D eigenvalue weighted by molar-refractivity contribution is 5.86. The second-order valence-corrected chi connectivity index (χ2v) is 6.09. The van der Waals surface area contributed by atoms with Crippen molar-refractivity contribution in [2.45, 2.75) is 47.8 Å². The zero-order valence-electron chi connectivity index (χ0n) is 9.88. The van der Waals surface area contributed by atoms with E-state index in [1.807, 2.05) is 0 Å². The molecule has 3 heteroatoms. The summed E-state index contributed by atoms with van der Waals surface area (Å²) in [6, 6.07) is 0. The van der Waals surface area contributed by atoms with Gasteiger partial charge in [0.05, 0.1) is 0 Å². The predicted octanol–water partition coefficient (Wildman–Crippen LogP) is 2.55. The third-order valence-electron chi connectivity index (χ3n) is 2.44. The van der Waals surface area contributed by atoms with Gasteiger partial charge in [-0.2, -0.15) is 9.78 Å². The first-order chi connectivity index (χ1) is 6.14. The SMILES string of the molecule is CC(C)(C)C(C(=O)C1OO1)C(C)(C)C. The minimum Gasteiger partial charge on any atom is -0.293 e. The smallest absolute Gasteiger partial charge is 0.282 e. The standard InChI is InChI=1S/C11H20O3/c1-10(2,3)8(11(4,5)6)7(12)9-13-14-9/h8-9H,1-6H3. The maximum atomic E-state index is 11.9. The quantitative estimate of drug-likeness (QED) is 0.508. The molecule has 1 fully saturated rings. The van der Waals surface area contributed by atoms with Crippen LogP contribution in [0.2, 0.25) is 0 Å². The molecule has 1 aliphatic rings. The van der Waals surface area contributed by atoms with Crippen molar-refractivity contribution < 1.29 is 14.6 Å². The van der Waals surface area contributed by atoms with Gasteiger partial charge in [0.1, 0.15) is 0 Å². The van der Waals surface area contributed by atoms with Crippen LogP contribution in [0.3, 0.4) is 0 Å². The molecule has 0 aromatic carbocycles. The van der Waals surface area contributed by atoms with Crippen LogP contribution in [0.5, 0.6) is 0 Å². The number of carbonyl (C=O) groups is 1. The first-order valence-corrected chi connectivity index (χ1v) is 5.00. The Labute approximate surface area is 85.7 Å². The molecule has 1 heterocycles. The Bertz CT molecular complexity index is 214. The van der Waals surface area contributed by atoms with Gasteiger partial charge in [-0.15, -0.1) is 0 Å². The van der Waals surface area contributed by atoms with E-state index in [-0.39, 0.29) is 22.5 Å². The monoisotopic (exact) mass is 200 g/mol. The maximum absolute atomic E-state index is 11.9. The molecule has 0 amide bonds. The average Bonchev–Trinajstić information content (AvgIpc) is 2.57. The number of hydrogen-bond donors (Lipinski definition) is 0. The van der Waals surface area contributed by atoms with Gasteiger partial charge in [0, 0.05) is 5.92 Å². The Morgan fingerprint density at radius 2 is 1.36 bits per heavy atom. The van der Waals surface area contributed by atoms with Gasteiger partial charge in [-0.1, -0.05) is 41.5 Å². The second kappa shape index (κ2) is 3.31. The van der Waals surface area contributed by atoms with Gasteiger partial charge in [-0.3, -0.25) is 4.79 Å². The lowest BCUT2D eigenvalue weighted by Crippen LogP contribution is -2.40. The highest BCUT2D eigenvalue weighted by atomic mass is 17.4. The Morgan fingerprint density at radius 1 is 1.00 bits per heavy atom. The van der Waals surface area contributed by atoms with E-state index in [0.717, 1.165) is 0 Å². The van der Waals surface area contributed by atoms with Crippen LogP contribution in [0.15, 0.2) is 0 Å². The fourth-order valence-electron chi connectivity index (χ4n) is 2.41. The van der Waals surface area contributed by atoms with Gasteiger partial charge in [-0.05, 0) is 10.8 Å². The molecule has 0 unspecified atom stereocenters. The fourth-order valence-corrected chi connectivity index (χ4v) is 2.41. The fraction of sp³-hybridized carbons (Fsp3) is 0.909. The first-order valence-electron chi connectivity index (χ1n) is 5.00. The molecule has 1 aliphatic heterocycles. The van der Waals surface area contributed by atoms with Crippen LogP contribution in [0.25, 0.3) is 0 Å². The Hall–Kier alpha value is -0.410. The molecule has 1 rings (SSSR count). The molecule has 14 heavy (non-hydrogen) atoms. The summed E-state index contributed by atoms with van der Waals surface area (Å²) in [6.45, 7) is 12.4. The third kappa shape index (κ3) is 2.55. The lowest BCUT2D eigenvalue weighted by Gasteiger charge is -2.38. The molecule has 0 saturated carbocycles.